The van der Waals surface area contributed by atoms with Gasteiger partial charge in [-0.25, -0.2) is 4.68 Å². The predicted octanol–water partition coefficient (Wildman–Crippen LogP) is 2.72. The van der Waals surface area contributed by atoms with Crippen LogP contribution in [-0.4, -0.2) is 36.1 Å². The van der Waals surface area contributed by atoms with Crippen molar-refractivity contribution in [2.45, 2.75) is 31.9 Å². The largest absolute Gasteiger partial charge is 0.493 e. The highest BCUT2D eigenvalue weighted by Crippen LogP contribution is 2.28. The summed E-state index contributed by atoms with van der Waals surface area (Å²) in [5, 5.41) is 9.02. The maximum Gasteiger partial charge on any atom is 0.150 e. The second-order valence-corrected chi connectivity index (χ2v) is 6.30. The van der Waals surface area contributed by atoms with Crippen molar-refractivity contribution in [2.24, 2.45) is 5.92 Å². The molecule has 0 spiro atoms. The van der Waals surface area contributed by atoms with Gasteiger partial charge in [0.1, 0.15) is 5.75 Å². The Morgan fingerprint density at radius 1 is 1.32 bits per heavy atom. The molecule has 0 radical (unpaired) electrons. The molecule has 1 aromatic carbocycles. The number of nitrogens with one attached hydrogen (secondary N) is 1. The number of nitrogens with zero attached hydrogens (tertiary/aromatic N) is 2. The highest BCUT2D eigenvalue weighted by atomic mass is 16.5. The maximum absolute atomic E-state index is 5.94. The van der Waals surface area contributed by atoms with Crippen molar-refractivity contribution >= 4 is 10.9 Å². The van der Waals surface area contributed by atoms with Crippen LogP contribution in [-0.2, 0) is 4.74 Å². The van der Waals surface area contributed by atoms with E-state index in [1.807, 2.05) is 16.9 Å². The summed E-state index contributed by atoms with van der Waals surface area (Å²) in [4.78, 5) is 0. The van der Waals surface area contributed by atoms with Gasteiger partial charge in [0, 0.05) is 24.5 Å². The molecule has 0 bridgehead atoms. The molecule has 2 unspecified atom stereocenters. The fourth-order valence-electron chi connectivity index (χ4n) is 3.34. The Balaban J connectivity index is 1.49. The van der Waals surface area contributed by atoms with Crippen LogP contribution in [0.1, 0.15) is 31.9 Å². The maximum atomic E-state index is 5.94. The van der Waals surface area contributed by atoms with E-state index in [1.165, 1.54) is 12.8 Å². The van der Waals surface area contributed by atoms with Gasteiger partial charge in [-0.15, -0.1) is 0 Å². The molecule has 2 aliphatic rings. The van der Waals surface area contributed by atoms with Crippen LogP contribution in [0.2, 0.25) is 0 Å². The summed E-state index contributed by atoms with van der Waals surface area (Å²) in [6.07, 6.45) is 6.62. The lowest BCUT2D eigenvalue weighted by Crippen LogP contribution is -2.18. The summed E-state index contributed by atoms with van der Waals surface area (Å²) in [5.41, 5.74) is 1.13. The van der Waals surface area contributed by atoms with E-state index in [4.69, 9.17) is 9.47 Å². The molecular weight excluding hydrogens is 278 g/mol. The number of benzene rings is 1. The molecule has 0 aliphatic carbocycles. The molecule has 1 aromatic heterocycles. The van der Waals surface area contributed by atoms with Gasteiger partial charge in [0.15, 0.2) is 6.23 Å². The van der Waals surface area contributed by atoms with Gasteiger partial charge in [-0.2, -0.15) is 5.10 Å². The zero-order valence-electron chi connectivity index (χ0n) is 12.8. The Morgan fingerprint density at radius 3 is 3.14 bits per heavy atom. The fraction of sp³-hybridized carbons (Fsp3) is 0.588. The number of hydrogen-bond acceptors (Lipinski definition) is 4. The van der Waals surface area contributed by atoms with Gasteiger partial charge in [-0.1, -0.05) is 0 Å². The van der Waals surface area contributed by atoms with Gasteiger partial charge in [-0.3, -0.25) is 0 Å². The van der Waals surface area contributed by atoms with E-state index in [1.54, 1.807) is 0 Å². The van der Waals surface area contributed by atoms with Crippen molar-refractivity contribution in [1.82, 2.24) is 15.1 Å². The number of fused-ring (bicyclic) bond motifs is 1. The van der Waals surface area contributed by atoms with Gasteiger partial charge < -0.3 is 14.8 Å². The Kier molecular flexibility index (Phi) is 3.99. The van der Waals surface area contributed by atoms with Crippen LogP contribution in [0, 0.1) is 5.92 Å². The summed E-state index contributed by atoms with van der Waals surface area (Å²) in [6.45, 7) is 3.81. The molecule has 0 saturated carbocycles. The standard InChI is InChI=1S/C17H23N3O2/c1-2-8-21-17(3-1)20-16-5-4-15(9-14(16)11-19-20)22-12-13-6-7-18-10-13/h4-5,9,11,13,17-18H,1-3,6-8,10,12H2. The van der Waals surface area contributed by atoms with Gasteiger partial charge in [-0.05, 0) is 50.4 Å². The lowest BCUT2D eigenvalue weighted by atomic mass is 10.1. The van der Waals surface area contributed by atoms with Crippen molar-refractivity contribution in [3.05, 3.63) is 24.4 Å². The second-order valence-electron chi connectivity index (χ2n) is 6.30. The van der Waals surface area contributed by atoms with Crippen LogP contribution >= 0.6 is 0 Å². The van der Waals surface area contributed by atoms with Crippen LogP contribution in [0.4, 0.5) is 0 Å². The number of ether oxygens (including phenoxy) is 2. The number of hydrogen-bond donors (Lipinski definition) is 1. The van der Waals surface area contributed by atoms with Gasteiger partial charge >= 0.3 is 0 Å². The van der Waals surface area contributed by atoms with Crippen LogP contribution in [0.3, 0.4) is 0 Å². The van der Waals surface area contributed by atoms with Crippen molar-refractivity contribution < 1.29 is 9.47 Å². The minimum Gasteiger partial charge on any atom is -0.493 e. The highest BCUT2D eigenvalue weighted by molar-refractivity contribution is 5.80. The molecule has 1 N–H and O–H groups in total. The summed E-state index contributed by atoms with van der Waals surface area (Å²) < 4.78 is 13.8. The molecule has 118 valence electrons. The molecule has 2 saturated heterocycles. The van der Waals surface area contributed by atoms with Crippen molar-refractivity contribution in [2.75, 3.05) is 26.3 Å². The first-order valence-corrected chi connectivity index (χ1v) is 8.32. The normalized spacial score (nSPS) is 25.6. The Labute approximate surface area is 130 Å². The van der Waals surface area contributed by atoms with E-state index in [2.05, 4.69) is 22.5 Å². The fourth-order valence-corrected chi connectivity index (χ4v) is 3.34. The minimum absolute atomic E-state index is 0.0857. The van der Waals surface area contributed by atoms with Gasteiger partial charge in [0.25, 0.3) is 0 Å². The van der Waals surface area contributed by atoms with E-state index >= 15 is 0 Å². The first-order valence-electron chi connectivity index (χ1n) is 8.32. The lowest BCUT2D eigenvalue weighted by Gasteiger charge is -2.23. The molecule has 2 aromatic rings. The molecule has 5 heteroatoms. The van der Waals surface area contributed by atoms with Crippen LogP contribution in [0.25, 0.3) is 10.9 Å². The molecule has 4 rings (SSSR count). The van der Waals surface area contributed by atoms with Crippen LogP contribution < -0.4 is 10.1 Å². The first-order chi connectivity index (χ1) is 10.9. The first kappa shape index (κ1) is 14.0. The molecule has 2 aliphatic heterocycles. The zero-order valence-corrected chi connectivity index (χ0v) is 12.8. The molecular formula is C17H23N3O2. The molecule has 22 heavy (non-hydrogen) atoms. The third-order valence-electron chi connectivity index (χ3n) is 4.64. The third kappa shape index (κ3) is 2.83. The van der Waals surface area contributed by atoms with Crippen molar-refractivity contribution in [1.29, 1.82) is 0 Å². The summed E-state index contributed by atoms with van der Waals surface area (Å²) in [5.74, 6) is 1.57. The van der Waals surface area contributed by atoms with Gasteiger partial charge in [0.2, 0.25) is 0 Å². The SMILES string of the molecule is c1cc2c(cnn2C2CCCCO2)cc1OCC1CCNC1. The predicted molar refractivity (Wildman–Crippen MR) is 85.0 cm³/mol. The quantitative estimate of drug-likeness (QED) is 0.943. The lowest BCUT2D eigenvalue weighted by molar-refractivity contribution is -0.0366. The molecule has 5 nitrogen and oxygen atoms in total. The average molecular weight is 301 g/mol. The summed E-state index contributed by atoms with van der Waals surface area (Å²) in [7, 11) is 0. The van der Waals surface area contributed by atoms with E-state index in [-0.39, 0.29) is 6.23 Å². The molecule has 0 amide bonds. The summed E-state index contributed by atoms with van der Waals surface area (Å²) >= 11 is 0. The number of rotatable bonds is 4. The Bertz CT molecular complexity index is 628. The minimum atomic E-state index is 0.0857. The Hall–Kier alpha value is -1.59. The van der Waals surface area contributed by atoms with Crippen LogP contribution in [0.15, 0.2) is 24.4 Å². The molecule has 2 atom stereocenters. The smallest absolute Gasteiger partial charge is 0.150 e. The molecule has 3 heterocycles. The van der Waals surface area contributed by atoms with E-state index in [0.717, 1.165) is 55.8 Å². The summed E-state index contributed by atoms with van der Waals surface area (Å²) in [6, 6.07) is 6.23. The number of aromatic nitrogens is 2. The van der Waals surface area contributed by atoms with E-state index in [9.17, 15) is 0 Å². The average Bonchev–Trinajstić information content (AvgIpc) is 3.23. The van der Waals surface area contributed by atoms with Crippen molar-refractivity contribution in [3.8, 4) is 5.75 Å². The topological polar surface area (TPSA) is 48.3 Å². The van der Waals surface area contributed by atoms with Crippen LogP contribution in [0.5, 0.6) is 5.75 Å². The van der Waals surface area contributed by atoms with Gasteiger partial charge in [0.05, 0.1) is 18.3 Å². The third-order valence-corrected chi connectivity index (χ3v) is 4.64. The van der Waals surface area contributed by atoms with E-state index < -0.39 is 0 Å². The monoisotopic (exact) mass is 301 g/mol. The van der Waals surface area contributed by atoms with Crippen molar-refractivity contribution in [3.63, 3.8) is 0 Å². The highest BCUT2D eigenvalue weighted by Gasteiger charge is 2.19. The molecule has 2 fully saturated rings. The second kappa shape index (κ2) is 6.26. The Morgan fingerprint density at radius 2 is 2.32 bits per heavy atom. The van der Waals surface area contributed by atoms with E-state index in [0.29, 0.717) is 5.92 Å². The zero-order chi connectivity index (χ0) is 14.8.